The van der Waals surface area contributed by atoms with E-state index in [9.17, 15) is 4.79 Å². The van der Waals surface area contributed by atoms with Gasteiger partial charge in [0.1, 0.15) is 11.3 Å². The van der Waals surface area contributed by atoms with Gasteiger partial charge in [-0.25, -0.2) is 4.98 Å². The molecule has 0 saturated heterocycles. The Kier molecular flexibility index (Phi) is 4.16. The summed E-state index contributed by atoms with van der Waals surface area (Å²) < 4.78 is 6.79. The normalized spacial score (nSPS) is 10.9. The summed E-state index contributed by atoms with van der Waals surface area (Å²) >= 11 is 0. The summed E-state index contributed by atoms with van der Waals surface area (Å²) in [5, 5.41) is 2.85. The molecular formula is C14H19N3O2. The van der Waals surface area contributed by atoms with Crippen LogP contribution in [-0.2, 0) is 11.2 Å². The first-order valence-corrected chi connectivity index (χ1v) is 6.42. The number of methoxy groups -OCH3 is 1. The van der Waals surface area contributed by atoms with Crippen LogP contribution in [0, 0.1) is 6.92 Å². The smallest absolute Gasteiger partial charge is 0.270 e. The Hall–Kier alpha value is -1.88. The van der Waals surface area contributed by atoms with Crippen LogP contribution in [0.2, 0.25) is 0 Å². The van der Waals surface area contributed by atoms with Crippen molar-refractivity contribution in [2.45, 2.75) is 20.3 Å². The summed E-state index contributed by atoms with van der Waals surface area (Å²) in [6.07, 6.45) is 2.67. The fraction of sp³-hybridized carbons (Fsp3) is 0.429. The lowest BCUT2D eigenvalue weighted by molar-refractivity contribution is 0.0930. The number of rotatable bonds is 5. The topological polar surface area (TPSA) is 55.6 Å². The van der Waals surface area contributed by atoms with Gasteiger partial charge in [-0.05, 0) is 25.0 Å². The molecule has 0 aromatic carbocycles. The molecule has 0 fully saturated rings. The van der Waals surface area contributed by atoms with Gasteiger partial charge >= 0.3 is 0 Å². The van der Waals surface area contributed by atoms with Crippen LogP contribution >= 0.6 is 0 Å². The number of hydrogen-bond donors (Lipinski definition) is 1. The number of fused-ring (bicyclic) bond motifs is 1. The Morgan fingerprint density at radius 2 is 2.26 bits per heavy atom. The van der Waals surface area contributed by atoms with Gasteiger partial charge in [0.05, 0.1) is 12.3 Å². The van der Waals surface area contributed by atoms with Crippen molar-refractivity contribution >= 4 is 11.6 Å². The largest absolute Gasteiger partial charge is 0.383 e. The number of amides is 1. The van der Waals surface area contributed by atoms with Crippen LogP contribution in [0.1, 0.15) is 28.7 Å². The second kappa shape index (κ2) is 5.84. The number of carbonyl (C=O) groups excluding carboxylic acids is 1. The molecule has 2 aromatic rings. The molecule has 2 heterocycles. The highest BCUT2D eigenvalue weighted by Crippen LogP contribution is 2.14. The lowest BCUT2D eigenvalue weighted by Crippen LogP contribution is -2.28. The van der Waals surface area contributed by atoms with E-state index in [0.29, 0.717) is 18.8 Å². The van der Waals surface area contributed by atoms with Crippen LogP contribution in [0.4, 0.5) is 0 Å². The van der Waals surface area contributed by atoms with E-state index < -0.39 is 0 Å². The molecule has 5 nitrogen and oxygen atoms in total. The molecule has 0 aliphatic heterocycles. The molecule has 0 aliphatic carbocycles. The minimum atomic E-state index is -0.105. The highest BCUT2D eigenvalue weighted by atomic mass is 16.5. The quantitative estimate of drug-likeness (QED) is 0.831. The number of aryl methyl sites for hydroxylation is 2. The van der Waals surface area contributed by atoms with Gasteiger partial charge in [0.2, 0.25) is 0 Å². The zero-order valence-electron chi connectivity index (χ0n) is 11.6. The first-order valence-electron chi connectivity index (χ1n) is 6.42. The minimum absolute atomic E-state index is 0.105. The molecular weight excluding hydrogens is 242 g/mol. The van der Waals surface area contributed by atoms with Crippen molar-refractivity contribution in [3.05, 3.63) is 35.3 Å². The highest BCUT2D eigenvalue weighted by molar-refractivity contribution is 5.94. The maximum atomic E-state index is 12.3. The summed E-state index contributed by atoms with van der Waals surface area (Å²) in [5.74, 6) is -0.105. The van der Waals surface area contributed by atoms with Crippen LogP contribution in [0.15, 0.2) is 18.3 Å². The Morgan fingerprint density at radius 1 is 1.47 bits per heavy atom. The number of nitrogens with zero attached hydrogens (tertiary/aromatic N) is 2. The molecule has 102 valence electrons. The number of carbonyl (C=O) groups is 1. The lowest BCUT2D eigenvalue weighted by Gasteiger charge is -2.06. The molecule has 0 unspecified atom stereocenters. The van der Waals surface area contributed by atoms with E-state index in [1.54, 1.807) is 7.11 Å². The Balaban J connectivity index is 2.39. The zero-order valence-corrected chi connectivity index (χ0v) is 11.6. The third kappa shape index (κ3) is 2.76. The van der Waals surface area contributed by atoms with Crippen molar-refractivity contribution in [1.82, 2.24) is 14.7 Å². The summed E-state index contributed by atoms with van der Waals surface area (Å²) in [5.41, 5.74) is 3.34. The van der Waals surface area contributed by atoms with Gasteiger partial charge < -0.3 is 10.1 Å². The van der Waals surface area contributed by atoms with E-state index in [4.69, 9.17) is 4.74 Å². The Morgan fingerprint density at radius 3 is 2.95 bits per heavy atom. The first-order chi connectivity index (χ1) is 9.17. The van der Waals surface area contributed by atoms with Crippen LogP contribution in [0.5, 0.6) is 0 Å². The predicted molar refractivity (Wildman–Crippen MR) is 73.5 cm³/mol. The van der Waals surface area contributed by atoms with Crippen molar-refractivity contribution in [2.75, 3.05) is 20.3 Å². The standard InChI is InChI=1S/C14H19N3O2/c1-4-11-13(14(18)15-7-8-19-3)17-9-10(2)5-6-12(17)16-11/h5-6,9H,4,7-8H2,1-3H3,(H,15,18). The highest BCUT2D eigenvalue weighted by Gasteiger charge is 2.17. The molecule has 0 aliphatic rings. The molecule has 2 aromatic heterocycles. The SMILES string of the molecule is CCc1nc2ccc(C)cn2c1C(=O)NCCOC. The number of imidazole rings is 1. The summed E-state index contributed by atoms with van der Waals surface area (Å²) in [6, 6.07) is 3.93. The third-order valence-corrected chi connectivity index (χ3v) is 2.98. The molecule has 19 heavy (non-hydrogen) atoms. The lowest BCUT2D eigenvalue weighted by atomic mass is 10.2. The van der Waals surface area contributed by atoms with Crippen molar-refractivity contribution in [1.29, 1.82) is 0 Å². The molecule has 5 heteroatoms. The van der Waals surface area contributed by atoms with Gasteiger partial charge in [0.15, 0.2) is 0 Å². The number of ether oxygens (including phenoxy) is 1. The van der Waals surface area contributed by atoms with E-state index in [1.165, 1.54) is 0 Å². The van der Waals surface area contributed by atoms with E-state index >= 15 is 0 Å². The molecule has 1 N–H and O–H groups in total. The van der Waals surface area contributed by atoms with Gasteiger partial charge in [-0.2, -0.15) is 0 Å². The Labute approximate surface area is 112 Å². The minimum Gasteiger partial charge on any atom is -0.383 e. The summed E-state index contributed by atoms with van der Waals surface area (Å²) in [6.45, 7) is 5.00. The zero-order chi connectivity index (χ0) is 13.8. The maximum Gasteiger partial charge on any atom is 0.270 e. The van der Waals surface area contributed by atoms with E-state index in [0.717, 1.165) is 23.3 Å². The van der Waals surface area contributed by atoms with Crippen LogP contribution in [0.3, 0.4) is 0 Å². The monoisotopic (exact) mass is 261 g/mol. The van der Waals surface area contributed by atoms with Gasteiger partial charge in [0.25, 0.3) is 5.91 Å². The first kappa shape index (κ1) is 13.5. The van der Waals surface area contributed by atoms with E-state index in [-0.39, 0.29) is 5.91 Å². The molecule has 1 amide bonds. The fourth-order valence-electron chi connectivity index (χ4n) is 2.04. The third-order valence-electron chi connectivity index (χ3n) is 2.98. The molecule has 0 atom stereocenters. The number of hydrogen-bond acceptors (Lipinski definition) is 3. The number of nitrogens with one attached hydrogen (secondary N) is 1. The number of pyridine rings is 1. The van der Waals surface area contributed by atoms with Crippen LogP contribution < -0.4 is 5.32 Å². The van der Waals surface area contributed by atoms with Gasteiger partial charge in [0, 0.05) is 19.9 Å². The van der Waals surface area contributed by atoms with E-state index in [1.807, 2.05) is 36.6 Å². The fourth-order valence-corrected chi connectivity index (χ4v) is 2.04. The van der Waals surface area contributed by atoms with E-state index in [2.05, 4.69) is 10.3 Å². The van der Waals surface area contributed by atoms with Gasteiger partial charge in [-0.15, -0.1) is 0 Å². The maximum absolute atomic E-state index is 12.3. The predicted octanol–water partition coefficient (Wildman–Crippen LogP) is 1.58. The molecule has 0 spiro atoms. The number of aromatic nitrogens is 2. The van der Waals surface area contributed by atoms with Crippen molar-refractivity contribution in [3.63, 3.8) is 0 Å². The molecule has 2 rings (SSSR count). The molecule has 0 radical (unpaired) electrons. The van der Waals surface area contributed by atoms with Gasteiger partial charge in [-0.3, -0.25) is 9.20 Å². The Bertz CT molecular complexity index is 590. The summed E-state index contributed by atoms with van der Waals surface area (Å²) in [7, 11) is 1.61. The average Bonchev–Trinajstić information content (AvgIpc) is 2.76. The van der Waals surface area contributed by atoms with Crippen molar-refractivity contribution < 1.29 is 9.53 Å². The second-order valence-corrected chi connectivity index (χ2v) is 4.44. The molecule has 0 bridgehead atoms. The van der Waals surface area contributed by atoms with Crippen molar-refractivity contribution in [2.24, 2.45) is 0 Å². The summed E-state index contributed by atoms with van der Waals surface area (Å²) in [4.78, 5) is 16.8. The average molecular weight is 261 g/mol. The second-order valence-electron chi connectivity index (χ2n) is 4.44. The van der Waals surface area contributed by atoms with Gasteiger partial charge in [-0.1, -0.05) is 13.0 Å². The molecule has 0 saturated carbocycles. The van der Waals surface area contributed by atoms with Crippen molar-refractivity contribution in [3.8, 4) is 0 Å². The van der Waals surface area contributed by atoms with Crippen LogP contribution in [-0.4, -0.2) is 35.6 Å². The van der Waals surface area contributed by atoms with Crippen LogP contribution in [0.25, 0.3) is 5.65 Å².